The van der Waals surface area contributed by atoms with Crippen LogP contribution in [0.1, 0.15) is 0 Å². The fourth-order valence-electron chi connectivity index (χ4n) is 1.72. The second-order valence-electron chi connectivity index (χ2n) is 3.37. The molecule has 16 heavy (non-hydrogen) atoms. The highest BCUT2D eigenvalue weighted by molar-refractivity contribution is 7.45. The van der Waals surface area contributed by atoms with Gasteiger partial charge in [-0.3, -0.25) is 0 Å². The number of fused-ring (bicyclic) bond motifs is 2. The van der Waals surface area contributed by atoms with E-state index in [9.17, 15) is 0 Å². The molecule has 0 fully saturated rings. The van der Waals surface area contributed by atoms with Gasteiger partial charge in [0.15, 0.2) is 0 Å². The number of nitrogens with zero attached hydrogens (tertiary/aromatic N) is 1. The average Bonchev–Trinajstić information content (AvgIpc) is 2.38. The Kier molecular flexibility index (Phi) is 3.17. The largest absolute Gasteiger partial charge is 0.248 e. The van der Waals surface area contributed by atoms with Gasteiger partial charge in [-0.15, -0.1) is 0 Å². The van der Waals surface area contributed by atoms with Crippen molar-refractivity contribution < 1.29 is 0 Å². The van der Waals surface area contributed by atoms with Gasteiger partial charge in [-0.1, -0.05) is 36.4 Å². The van der Waals surface area contributed by atoms with Crippen molar-refractivity contribution in [2.45, 2.75) is 0 Å². The fraction of sp³-hybridized carbons (Fsp3) is 0. The maximum Gasteiger partial charge on any atom is 0.0709 e. The van der Waals surface area contributed by atoms with Crippen LogP contribution in [-0.2, 0) is 12.4 Å². The molecule has 1 N–H and O–H groups in total. The Morgan fingerprint density at radius 2 is 1.19 bits per heavy atom. The summed E-state index contributed by atoms with van der Waals surface area (Å²) in [5.41, 5.74) is 2.12. The van der Waals surface area contributed by atoms with Crippen LogP contribution in [0.25, 0.3) is 21.8 Å². The summed E-state index contributed by atoms with van der Waals surface area (Å²) in [6.07, 6.45) is 0. The molecule has 3 rings (SSSR count). The number of para-hydroxylation sites is 2. The third-order valence-electron chi connectivity index (χ3n) is 2.43. The molecule has 0 amide bonds. The number of benzene rings is 2. The number of nitrogens with one attached hydrogen (secondary N) is 1. The molecule has 0 bridgehead atoms. The van der Waals surface area contributed by atoms with Crippen LogP contribution in [0.5, 0.6) is 0 Å². The predicted octanol–water partition coefficient (Wildman–Crippen LogP) is 3.68. The van der Waals surface area contributed by atoms with E-state index in [1.165, 1.54) is 10.8 Å². The third kappa shape index (κ3) is 1.90. The molecule has 1 heterocycles. The lowest BCUT2D eigenvalue weighted by Crippen LogP contribution is -1.80. The zero-order chi connectivity index (χ0) is 11.4. The lowest BCUT2D eigenvalue weighted by molar-refractivity contribution is 1.50. The van der Waals surface area contributed by atoms with Gasteiger partial charge in [-0.2, -0.15) is 0 Å². The Hall–Kier alpha value is -1.87. The smallest absolute Gasteiger partial charge is 0.0709 e. The van der Waals surface area contributed by atoms with Crippen molar-refractivity contribution in [1.29, 1.82) is 4.78 Å². The minimum Gasteiger partial charge on any atom is -0.248 e. The molecule has 0 radical (unpaired) electrons. The molecule has 2 aromatic carbocycles. The van der Waals surface area contributed by atoms with E-state index in [1.54, 1.807) is 0 Å². The van der Waals surface area contributed by atoms with Gasteiger partial charge in [0.2, 0.25) is 0 Å². The molecular weight excluding hydrogens is 216 g/mol. The maximum absolute atomic E-state index is 5.33. The summed E-state index contributed by atoms with van der Waals surface area (Å²) in [5.74, 6) is 0. The minimum atomic E-state index is 1.06. The first-order valence-corrected chi connectivity index (χ1v) is 5.29. The van der Waals surface area contributed by atoms with E-state index in [0.717, 1.165) is 11.0 Å². The molecule has 0 aliphatic heterocycles. The van der Waals surface area contributed by atoms with Crippen molar-refractivity contribution in [2.75, 3.05) is 0 Å². The van der Waals surface area contributed by atoms with Crippen LogP contribution in [0, 0.1) is 4.78 Å². The summed E-state index contributed by atoms with van der Waals surface area (Å²) in [4.78, 5) is 4.58. The molecule has 3 heteroatoms. The molecule has 1 aromatic heterocycles. The average molecular weight is 226 g/mol. The van der Waals surface area contributed by atoms with Crippen molar-refractivity contribution >= 4 is 34.2 Å². The standard InChI is InChI=1S/C13H9N.HNS/c1-3-7-12-10(5-1)9-11-6-2-4-8-13(11)14-12;1-2/h1-9H;1H. The van der Waals surface area contributed by atoms with Gasteiger partial charge < -0.3 is 0 Å². The molecule has 3 aromatic rings. The van der Waals surface area contributed by atoms with Gasteiger partial charge in [-0.25, -0.2) is 9.76 Å². The number of pyridine rings is 1. The number of hydrogen-bond acceptors (Lipinski definition) is 3. The van der Waals surface area contributed by atoms with E-state index >= 15 is 0 Å². The quantitative estimate of drug-likeness (QED) is 0.593. The van der Waals surface area contributed by atoms with Gasteiger partial charge >= 0.3 is 0 Å². The first-order chi connectivity index (χ1) is 7.93. The van der Waals surface area contributed by atoms with Gasteiger partial charge in [0.05, 0.1) is 11.0 Å². The highest BCUT2D eigenvalue weighted by atomic mass is 32.1. The van der Waals surface area contributed by atoms with Crippen molar-refractivity contribution in [3.05, 3.63) is 54.6 Å². The number of rotatable bonds is 0. The van der Waals surface area contributed by atoms with Crippen LogP contribution in [0.2, 0.25) is 0 Å². The van der Waals surface area contributed by atoms with Crippen LogP contribution in [0.15, 0.2) is 54.6 Å². The van der Waals surface area contributed by atoms with Crippen molar-refractivity contribution in [1.82, 2.24) is 4.98 Å². The summed E-state index contributed by atoms with van der Waals surface area (Å²) < 4.78 is 5.33. The first-order valence-electron chi connectivity index (χ1n) is 4.88. The highest BCUT2D eigenvalue weighted by Crippen LogP contribution is 2.18. The van der Waals surface area contributed by atoms with Crippen LogP contribution in [0.4, 0.5) is 0 Å². The highest BCUT2D eigenvalue weighted by Gasteiger charge is 1.96. The third-order valence-corrected chi connectivity index (χ3v) is 2.43. The summed E-state index contributed by atoms with van der Waals surface area (Å²) in [7, 11) is 0. The lowest BCUT2D eigenvalue weighted by Gasteiger charge is -1.99. The Balaban J connectivity index is 0.000000457. The van der Waals surface area contributed by atoms with E-state index in [0.29, 0.717) is 0 Å². The molecule has 0 unspecified atom stereocenters. The predicted molar refractivity (Wildman–Crippen MR) is 69.3 cm³/mol. The van der Waals surface area contributed by atoms with Crippen LogP contribution >= 0.6 is 0 Å². The van der Waals surface area contributed by atoms with E-state index < -0.39 is 0 Å². The number of hydrogen-bond donors (Lipinski definition) is 1. The topological polar surface area (TPSA) is 36.7 Å². The molecular formula is C13H10N2S. The fourth-order valence-corrected chi connectivity index (χ4v) is 1.72. The number of aromatic nitrogens is 1. The molecule has 0 spiro atoms. The summed E-state index contributed by atoms with van der Waals surface area (Å²) in [6.45, 7) is 0. The Morgan fingerprint density at radius 3 is 1.69 bits per heavy atom. The second kappa shape index (κ2) is 4.77. The van der Waals surface area contributed by atoms with E-state index in [4.69, 9.17) is 4.78 Å². The van der Waals surface area contributed by atoms with Gasteiger partial charge in [0.25, 0.3) is 0 Å². The van der Waals surface area contributed by atoms with Gasteiger partial charge in [0, 0.05) is 23.2 Å². The van der Waals surface area contributed by atoms with E-state index in [-0.39, 0.29) is 0 Å². The molecule has 0 saturated heterocycles. The molecule has 0 atom stereocenters. The molecule has 2 nitrogen and oxygen atoms in total. The summed E-state index contributed by atoms with van der Waals surface area (Å²) >= 11 is 3.33. The molecule has 0 saturated carbocycles. The van der Waals surface area contributed by atoms with E-state index in [2.05, 4.69) is 35.6 Å². The summed E-state index contributed by atoms with van der Waals surface area (Å²) in [5, 5.41) is 2.40. The SMILES string of the molecule is N=S.c1ccc2nc3ccccc3cc2c1. The van der Waals surface area contributed by atoms with E-state index in [1.807, 2.05) is 36.4 Å². The normalized spacial score (nSPS) is 9.75. The zero-order valence-corrected chi connectivity index (χ0v) is 9.37. The Labute approximate surface area is 98.9 Å². The summed E-state index contributed by atoms with van der Waals surface area (Å²) in [6, 6.07) is 18.6. The second-order valence-corrected chi connectivity index (χ2v) is 3.37. The lowest BCUT2D eigenvalue weighted by atomic mass is 10.1. The first kappa shape index (κ1) is 10.6. The Morgan fingerprint density at radius 1 is 0.750 bits per heavy atom. The van der Waals surface area contributed by atoms with Gasteiger partial charge in [-0.05, 0) is 18.2 Å². The van der Waals surface area contributed by atoms with Crippen molar-refractivity contribution in [3.8, 4) is 0 Å². The van der Waals surface area contributed by atoms with Gasteiger partial charge in [0.1, 0.15) is 0 Å². The van der Waals surface area contributed by atoms with Crippen LogP contribution in [0.3, 0.4) is 0 Å². The minimum absolute atomic E-state index is 1.06. The zero-order valence-electron chi connectivity index (χ0n) is 8.55. The van der Waals surface area contributed by atoms with Crippen LogP contribution < -0.4 is 0 Å². The van der Waals surface area contributed by atoms with Crippen molar-refractivity contribution in [2.24, 2.45) is 0 Å². The van der Waals surface area contributed by atoms with Crippen molar-refractivity contribution in [3.63, 3.8) is 0 Å². The molecule has 78 valence electrons. The molecule has 0 aliphatic carbocycles. The molecule has 0 aliphatic rings. The Bertz CT molecular complexity index is 517. The maximum atomic E-state index is 5.33. The monoisotopic (exact) mass is 226 g/mol. The van der Waals surface area contributed by atoms with Crippen LogP contribution in [-0.4, -0.2) is 4.98 Å².